The van der Waals surface area contributed by atoms with Crippen LogP contribution in [0.1, 0.15) is 75.1 Å². The van der Waals surface area contributed by atoms with Crippen molar-refractivity contribution in [1.29, 1.82) is 0 Å². The van der Waals surface area contributed by atoms with Crippen LogP contribution in [0.3, 0.4) is 0 Å². The number of rotatable bonds is 16. The van der Waals surface area contributed by atoms with Crippen molar-refractivity contribution in [2.24, 2.45) is 0 Å². The fourth-order valence-corrected chi connectivity index (χ4v) is 2.75. The molecular weight excluding hydrogens is 344 g/mol. The van der Waals surface area contributed by atoms with Gasteiger partial charge in [0.1, 0.15) is 0 Å². The van der Waals surface area contributed by atoms with E-state index >= 15 is 0 Å². The van der Waals surface area contributed by atoms with Gasteiger partial charge in [0.25, 0.3) is 0 Å². The zero-order valence-corrected chi connectivity index (χ0v) is 17.3. The molecule has 0 aliphatic heterocycles. The fourth-order valence-electron chi connectivity index (χ4n) is 2.75. The normalized spacial score (nSPS) is 10.6. The lowest BCUT2D eigenvalue weighted by atomic mass is 10.1. The van der Waals surface area contributed by atoms with Gasteiger partial charge in [0, 0.05) is 13.7 Å². The number of carbonyl (C=O) groups is 1. The largest absolute Gasteiger partial charge is 0.493 e. The predicted octanol–water partition coefficient (Wildman–Crippen LogP) is 5.41. The van der Waals surface area contributed by atoms with Crippen LogP contribution in [-0.2, 0) is 9.47 Å². The molecule has 0 radical (unpaired) electrons. The molecule has 0 fully saturated rings. The number of hydrogen-bond donors (Lipinski definition) is 0. The summed E-state index contributed by atoms with van der Waals surface area (Å²) in [6.07, 6.45) is 9.98. The second-order valence-corrected chi connectivity index (χ2v) is 6.67. The Kier molecular flexibility index (Phi) is 13.2. The van der Waals surface area contributed by atoms with E-state index in [0.717, 1.165) is 38.7 Å². The highest BCUT2D eigenvalue weighted by Gasteiger charge is 2.12. The Hall–Kier alpha value is -1.75. The predicted molar refractivity (Wildman–Crippen MR) is 108 cm³/mol. The van der Waals surface area contributed by atoms with Crippen molar-refractivity contribution >= 4 is 5.97 Å². The van der Waals surface area contributed by atoms with Gasteiger partial charge in [-0.05, 0) is 43.9 Å². The van der Waals surface area contributed by atoms with Gasteiger partial charge in [0.2, 0.25) is 0 Å². The SMILES string of the molecule is CCCCCCCOc1ccc(C(=O)OCCCCCCOC)cc1OC. The number of unbranched alkanes of at least 4 members (excludes halogenated alkanes) is 7. The van der Waals surface area contributed by atoms with Gasteiger partial charge >= 0.3 is 5.97 Å². The fraction of sp³-hybridized carbons (Fsp3) is 0.682. The Morgan fingerprint density at radius 2 is 1.48 bits per heavy atom. The molecule has 1 aromatic rings. The number of esters is 1. The van der Waals surface area contributed by atoms with E-state index < -0.39 is 0 Å². The van der Waals surface area contributed by atoms with Crippen LogP contribution in [0.2, 0.25) is 0 Å². The van der Waals surface area contributed by atoms with Gasteiger partial charge in [-0.2, -0.15) is 0 Å². The van der Waals surface area contributed by atoms with Crippen molar-refractivity contribution in [3.05, 3.63) is 23.8 Å². The van der Waals surface area contributed by atoms with E-state index in [-0.39, 0.29) is 5.97 Å². The topological polar surface area (TPSA) is 54.0 Å². The maximum absolute atomic E-state index is 12.2. The summed E-state index contributed by atoms with van der Waals surface area (Å²) >= 11 is 0. The first-order valence-electron chi connectivity index (χ1n) is 10.2. The highest BCUT2D eigenvalue weighted by molar-refractivity contribution is 5.90. The van der Waals surface area contributed by atoms with Crippen LogP contribution in [0.4, 0.5) is 0 Å². The zero-order valence-electron chi connectivity index (χ0n) is 17.3. The van der Waals surface area contributed by atoms with E-state index in [0.29, 0.717) is 30.3 Å². The molecule has 0 atom stereocenters. The van der Waals surface area contributed by atoms with Crippen molar-refractivity contribution in [1.82, 2.24) is 0 Å². The molecule has 0 amide bonds. The lowest BCUT2D eigenvalue weighted by molar-refractivity contribution is 0.0496. The van der Waals surface area contributed by atoms with Crippen LogP contribution >= 0.6 is 0 Å². The Balaban J connectivity index is 2.35. The maximum atomic E-state index is 12.2. The van der Waals surface area contributed by atoms with E-state index in [1.54, 1.807) is 32.4 Å². The van der Waals surface area contributed by atoms with Crippen LogP contribution in [-0.4, -0.2) is 40.0 Å². The van der Waals surface area contributed by atoms with Crippen molar-refractivity contribution in [3.8, 4) is 11.5 Å². The molecule has 5 heteroatoms. The first kappa shape index (κ1) is 23.3. The van der Waals surface area contributed by atoms with Crippen LogP contribution in [0.5, 0.6) is 11.5 Å². The summed E-state index contributed by atoms with van der Waals surface area (Å²) in [7, 11) is 3.29. The van der Waals surface area contributed by atoms with E-state index in [2.05, 4.69) is 6.92 Å². The second kappa shape index (κ2) is 15.3. The van der Waals surface area contributed by atoms with Crippen LogP contribution in [0.15, 0.2) is 18.2 Å². The molecule has 0 spiro atoms. The molecule has 0 unspecified atom stereocenters. The lowest BCUT2D eigenvalue weighted by Crippen LogP contribution is -2.07. The molecule has 0 saturated heterocycles. The average Bonchev–Trinajstić information content (AvgIpc) is 2.69. The quantitative estimate of drug-likeness (QED) is 0.283. The summed E-state index contributed by atoms with van der Waals surface area (Å²) in [5, 5.41) is 0. The smallest absolute Gasteiger partial charge is 0.338 e. The van der Waals surface area contributed by atoms with Gasteiger partial charge in [-0.25, -0.2) is 4.79 Å². The van der Waals surface area contributed by atoms with E-state index in [9.17, 15) is 4.79 Å². The summed E-state index contributed by atoms with van der Waals surface area (Å²) < 4.78 is 21.5. The van der Waals surface area contributed by atoms with E-state index in [4.69, 9.17) is 18.9 Å². The maximum Gasteiger partial charge on any atom is 0.338 e. The van der Waals surface area contributed by atoms with Crippen molar-refractivity contribution in [2.45, 2.75) is 64.7 Å². The Labute approximate surface area is 164 Å². The summed E-state index contributed by atoms with van der Waals surface area (Å²) in [4.78, 5) is 12.2. The molecule has 1 aromatic carbocycles. The summed E-state index contributed by atoms with van der Waals surface area (Å²) in [6, 6.07) is 5.20. The first-order chi connectivity index (χ1) is 13.2. The highest BCUT2D eigenvalue weighted by atomic mass is 16.5. The van der Waals surface area contributed by atoms with Crippen LogP contribution in [0.25, 0.3) is 0 Å². The summed E-state index contributed by atoms with van der Waals surface area (Å²) in [5.74, 6) is 0.913. The summed E-state index contributed by atoms with van der Waals surface area (Å²) in [5.41, 5.74) is 0.488. The average molecular weight is 381 g/mol. The molecule has 1 rings (SSSR count). The third-order valence-corrected chi connectivity index (χ3v) is 4.38. The number of benzene rings is 1. The van der Waals surface area contributed by atoms with Gasteiger partial charge in [-0.1, -0.05) is 39.0 Å². The van der Waals surface area contributed by atoms with Gasteiger partial charge < -0.3 is 18.9 Å². The molecule has 0 aliphatic carbocycles. The summed E-state index contributed by atoms with van der Waals surface area (Å²) in [6.45, 7) is 4.08. The minimum absolute atomic E-state index is 0.323. The van der Waals surface area contributed by atoms with Crippen molar-refractivity contribution in [3.63, 3.8) is 0 Å². The Bertz CT molecular complexity index is 515. The monoisotopic (exact) mass is 380 g/mol. The highest BCUT2D eigenvalue weighted by Crippen LogP contribution is 2.28. The first-order valence-corrected chi connectivity index (χ1v) is 10.2. The third-order valence-electron chi connectivity index (χ3n) is 4.38. The van der Waals surface area contributed by atoms with Crippen LogP contribution < -0.4 is 9.47 Å². The molecule has 0 aliphatic rings. The van der Waals surface area contributed by atoms with Gasteiger partial charge in [-0.15, -0.1) is 0 Å². The molecule has 0 heterocycles. The van der Waals surface area contributed by atoms with Gasteiger partial charge in [0.05, 0.1) is 25.9 Å². The Morgan fingerprint density at radius 1 is 0.815 bits per heavy atom. The standard InChI is InChI=1S/C22H36O5/c1-4-5-6-7-11-16-26-20-14-13-19(18-21(20)25-3)22(23)27-17-12-9-8-10-15-24-2/h13-14,18H,4-12,15-17H2,1-3H3. The number of methoxy groups -OCH3 is 2. The lowest BCUT2D eigenvalue weighted by Gasteiger charge is -2.12. The molecule has 27 heavy (non-hydrogen) atoms. The molecule has 0 aromatic heterocycles. The third kappa shape index (κ3) is 10.2. The molecular formula is C22H36O5. The Morgan fingerprint density at radius 3 is 2.15 bits per heavy atom. The number of hydrogen-bond acceptors (Lipinski definition) is 5. The second-order valence-electron chi connectivity index (χ2n) is 6.67. The zero-order chi connectivity index (χ0) is 19.7. The minimum Gasteiger partial charge on any atom is -0.493 e. The number of carbonyl (C=O) groups excluding carboxylic acids is 1. The molecule has 5 nitrogen and oxygen atoms in total. The van der Waals surface area contributed by atoms with Crippen molar-refractivity contribution in [2.75, 3.05) is 34.0 Å². The minimum atomic E-state index is -0.323. The van der Waals surface area contributed by atoms with E-state index in [1.807, 2.05) is 0 Å². The molecule has 0 bridgehead atoms. The van der Waals surface area contributed by atoms with Gasteiger partial charge in [0.15, 0.2) is 11.5 Å². The number of ether oxygens (including phenoxy) is 4. The van der Waals surface area contributed by atoms with E-state index in [1.165, 1.54) is 25.7 Å². The van der Waals surface area contributed by atoms with Crippen LogP contribution in [0, 0.1) is 0 Å². The molecule has 0 saturated carbocycles. The van der Waals surface area contributed by atoms with Crippen molar-refractivity contribution < 1.29 is 23.7 Å². The van der Waals surface area contributed by atoms with Gasteiger partial charge in [-0.3, -0.25) is 0 Å². The molecule has 0 N–H and O–H groups in total. The molecule has 154 valence electrons.